The highest BCUT2D eigenvalue weighted by atomic mass is 16.5. The van der Waals surface area contributed by atoms with E-state index < -0.39 is 0 Å². The second-order valence-electron chi connectivity index (χ2n) is 3.65. The number of ether oxygens (including phenoxy) is 1. The molecule has 0 aliphatic heterocycles. The number of nitrogens with zero attached hydrogens (tertiary/aromatic N) is 3. The Kier molecular flexibility index (Phi) is 6.18. The molecule has 0 saturated heterocycles. The molecular formula is C12H17N3O2. The van der Waals surface area contributed by atoms with Crippen molar-refractivity contribution in [1.82, 2.24) is 9.88 Å². The first kappa shape index (κ1) is 13.6. The molecule has 0 saturated carbocycles. The number of rotatable bonds is 7. The molecule has 5 nitrogen and oxygen atoms in total. The first-order valence-corrected chi connectivity index (χ1v) is 5.47. The van der Waals surface area contributed by atoms with Crippen LogP contribution >= 0.6 is 0 Å². The van der Waals surface area contributed by atoms with Crippen molar-refractivity contribution in [2.24, 2.45) is 0 Å². The van der Waals surface area contributed by atoms with Crippen LogP contribution in [0.2, 0.25) is 0 Å². The smallest absolute Gasteiger partial charge is 0.140 e. The first-order chi connectivity index (χ1) is 8.30. The SMILES string of the molecule is COCCN(CCO)Cc1ccnc(C#N)c1. The fraction of sp³-hybridized carbons (Fsp3) is 0.500. The summed E-state index contributed by atoms with van der Waals surface area (Å²) < 4.78 is 5.01. The van der Waals surface area contributed by atoms with Crippen LogP contribution in [0.15, 0.2) is 18.3 Å². The Morgan fingerprint density at radius 1 is 1.53 bits per heavy atom. The van der Waals surface area contributed by atoms with Gasteiger partial charge in [0.05, 0.1) is 13.2 Å². The Labute approximate surface area is 101 Å². The van der Waals surface area contributed by atoms with Crippen molar-refractivity contribution in [3.8, 4) is 6.07 Å². The maximum absolute atomic E-state index is 8.97. The Hall–Kier alpha value is -1.48. The van der Waals surface area contributed by atoms with Crippen molar-refractivity contribution < 1.29 is 9.84 Å². The van der Waals surface area contributed by atoms with Gasteiger partial charge >= 0.3 is 0 Å². The lowest BCUT2D eigenvalue weighted by atomic mass is 10.2. The van der Waals surface area contributed by atoms with Gasteiger partial charge in [-0.2, -0.15) is 5.26 Å². The Morgan fingerprint density at radius 3 is 3.00 bits per heavy atom. The van der Waals surface area contributed by atoms with Gasteiger partial charge in [-0.25, -0.2) is 4.98 Å². The minimum atomic E-state index is 0.111. The van der Waals surface area contributed by atoms with Crippen molar-refractivity contribution in [2.75, 3.05) is 33.4 Å². The Bertz CT molecular complexity index is 376. The molecule has 0 aliphatic carbocycles. The molecule has 0 bridgehead atoms. The minimum Gasteiger partial charge on any atom is -0.395 e. The van der Waals surface area contributed by atoms with Crippen LogP contribution in [-0.2, 0) is 11.3 Å². The topological polar surface area (TPSA) is 69.4 Å². The average molecular weight is 235 g/mol. The standard InChI is InChI=1S/C12H17N3O2/c1-17-7-5-15(4-6-16)10-11-2-3-14-12(8-11)9-13/h2-3,8,16H,4-7,10H2,1H3. The molecule has 0 aliphatic rings. The van der Waals surface area contributed by atoms with Gasteiger partial charge in [-0.1, -0.05) is 0 Å². The van der Waals surface area contributed by atoms with Crippen molar-refractivity contribution in [3.63, 3.8) is 0 Å². The van der Waals surface area contributed by atoms with Crippen LogP contribution in [0.1, 0.15) is 11.3 Å². The summed E-state index contributed by atoms with van der Waals surface area (Å²) in [5.74, 6) is 0. The molecule has 1 rings (SSSR count). The fourth-order valence-corrected chi connectivity index (χ4v) is 1.52. The number of aromatic nitrogens is 1. The van der Waals surface area contributed by atoms with E-state index in [1.807, 2.05) is 12.1 Å². The van der Waals surface area contributed by atoms with Gasteiger partial charge in [0.25, 0.3) is 0 Å². The van der Waals surface area contributed by atoms with Gasteiger partial charge < -0.3 is 9.84 Å². The molecular weight excluding hydrogens is 218 g/mol. The lowest BCUT2D eigenvalue weighted by molar-refractivity contribution is 0.127. The molecule has 92 valence electrons. The summed E-state index contributed by atoms with van der Waals surface area (Å²) in [7, 11) is 1.65. The second-order valence-corrected chi connectivity index (χ2v) is 3.65. The van der Waals surface area contributed by atoms with Gasteiger partial charge in [0.2, 0.25) is 0 Å². The van der Waals surface area contributed by atoms with Gasteiger partial charge in [0.15, 0.2) is 0 Å². The van der Waals surface area contributed by atoms with Gasteiger partial charge in [-0.3, -0.25) is 4.90 Å². The van der Waals surface area contributed by atoms with Crippen LogP contribution in [-0.4, -0.2) is 48.4 Å². The minimum absolute atomic E-state index is 0.111. The van der Waals surface area contributed by atoms with E-state index in [4.69, 9.17) is 15.1 Å². The van der Waals surface area contributed by atoms with E-state index in [9.17, 15) is 0 Å². The van der Waals surface area contributed by atoms with Crippen molar-refractivity contribution in [1.29, 1.82) is 5.26 Å². The molecule has 0 fully saturated rings. The summed E-state index contributed by atoms with van der Waals surface area (Å²) >= 11 is 0. The third-order valence-electron chi connectivity index (χ3n) is 2.37. The zero-order valence-electron chi connectivity index (χ0n) is 9.96. The second kappa shape index (κ2) is 7.74. The lowest BCUT2D eigenvalue weighted by Gasteiger charge is -2.20. The number of methoxy groups -OCH3 is 1. The van der Waals surface area contributed by atoms with Crippen LogP contribution in [0.25, 0.3) is 0 Å². The number of aliphatic hydroxyl groups excluding tert-OH is 1. The molecule has 1 aromatic rings. The number of nitriles is 1. The third kappa shape index (κ3) is 4.91. The summed E-state index contributed by atoms with van der Waals surface area (Å²) in [6.07, 6.45) is 1.63. The maximum Gasteiger partial charge on any atom is 0.140 e. The number of hydrogen-bond acceptors (Lipinski definition) is 5. The van der Waals surface area contributed by atoms with E-state index in [1.54, 1.807) is 19.4 Å². The number of aliphatic hydroxyl groups is 1. The van der Waals surface area contributed by atoms with Crippen molar-refractivity contribution >= 4 is 0 Å². The predicted molar refractivity (Wildman–Crippen MR) is 63.2 cm³/mol. The Morgan fingerprint density at radius 2 is 2.35 bits per heavy atom. The molecule has 0 unspecified atom stereocenters. The number of hydrogen-bond donors (Lipinski definition) is 1. The molecule has 0 spiro atoms. The molecule has 0 amide bonds. The first-order valence-electron chi connectivity index (χ1n) is 5.47. The predicted octanol–water partition coefficient (Wildman–Crippen LogP) is 0.394. The largest absolute Gasteiger partial charge is 0.395 e. The summed E-state index contributed by atoms with van der Waals surface area (Å²) in [6, 6.07) is 5.65. The van der Waals surface area contributed by atoms with Gasteiger partial charge in [-0.05, 0) is 17.7 Å². The average Bonchev–Trinajstić information content (AvgIpc) is 2.36. The van der Waals surface area contributed by atoms with Crippen LogP contribution in [0.3, 0.4) is 0 Å². The van der Waals surface area contributed by atoms with Gasteiger partial charge in [0, 0.05) is 32.9 Å². The van der Waals surface area contributed by atoms with Crippen molar-refractivity contribution in [2.45, 2.75) is 6.54 Å². The highest BCUT2D eigenvalue weighted by Gasteiger charge is 2.06. The maximum atomic E-state index is 8.97. The van der Waals surface area contributed by atoms with Gasteiger partial charge in [0.1, 0.15) is 11.8 Å². The monoisotopic (exact) mass is 235 g/mol. The van der Waals surface area contributed by atoms with E-state index in [0.717, 1.165) is 12.1 Å². The summed E-state index contributed by atoms with van der Waals surface area (Å²) in [5, 5.41) is 17.7. The fourth-order valence-electron chi connectivity index (χ4n) is 1.52. The van der Waals surface area contributed by atoms with Crippen LogP contribution in [0, 0.1) is 11.3 Å². The third-order valence-corrected chi connectivity index (χ3v) is 2.37. The quantitative estimate of drug-likeness (QED) is 0.740. The zero-order chi connectivity index (χ0) is 12.5. The van der Waals surface area contributed by atoms with E-state index in [0.29, 0.717) is 25.4 Å². The normalized spacial score (nSPS) is 10.5. The molecule has 0 radical (unpaired) electrons. The van der Waals surface area contributed by atoms with Crippen LogP contribution < -0.4 is 0 Å². The van der Waals surface area contributed by atoms with E-state index in [1.165, 1.54) is 0 Å². The molecule has 0 aromatic carbocycles. The molecule has 0 atom stereocenters. The Balaban J connectivity index is 2.61. The van der Waals surface area contributed by atoms with Crippen molar-refractivity contribution in [3.05, 3.63) is 29.6 Å². The van der Waals surface area contributed by atoms with E-state index >= 15 is 0 Å². The molecule has 1 aromatic heterocycles. The molecule has 17 heavy (non-hydrogen) atoms. The van der Waals surface area contributed by atoms with Gasteiger partial charge in [-0.15, -0.1) is 0 Å². The molecule has 1 heterocycles. The number of pyridine rings is 1. The lowest BCUT2D eigenvalue weighted by Crippen LogP contribution is -2.29. The highest BCUT2D eigenvalue weighted by Crippen LogP contribution is 2.05. The zero-order valence-corrected chi connectivity index (χ0v) is 9.96. The van der Waals surface area contributed by atoms with E-state index in [-0.39, 0.29) is 6.61 Å². The summed E-state index contributed by atoms with van der Waals surface area (Å²) in [4.78, 5) is 5.99. The summed E-state index contributed by atoms with van der Waals surface area (Å²) in [6.45, 7) is 2.76. The highest BCUT2D eigenvalue weighted by molar-refractivity contribution is 5.25. The van der Waals surface area contributed by atoms with E-state index in [2.05, 4.69) is 9.88 Å². The molecule has 5 heteroatoms. The molecule has 1 N–H and O–H groups in total. The van der Waals surface area contributed by atoms with Crippen LogP contribution in [0.4, 0.5) is 0 Å². The van der Waals surface area contributed by atoms with Crippen LogP contribution in [0.5, 0.6) is 0 Å². The summed E-state index contributed by atoms with van der Waals surface area (Å²) in [5.41, 5.74) is 1.43.